The van der Waals surface area contributed by atoms with Gasteiger partial charge in [0.2, 0.25) is 0 Å². The van der Waals surface area contributed by atoms with Gasteiger partial charge in [-0.3, -0.25) is 4.90 Å². The number of nitroso groups, excluding NO2 is 1. The highest BCUT2D eigenvalue weighted by Crippen LogP contribution is 2.39. The van der Waals surface area contributed by atoms with Crippen LogP contribution in [0.15, 0.2) is 5.18 Å². The third-order valence-corrected chi connectivity index (χ3v) is 3.74. The second-order valence-corrected chi connectivity index (χ2v) is 4.46. The lowest BCUT2D eigenvalue weighted by atomic mass is 9.73. The molecule has 0 aromatic rings. The third-order valence-electron chi connectivity index (χ3n) is 3.74. The second-order valence-electron chi connectivity index (χ2n) is 4.46. The minimum absolute atomic E-state index is 0.266. The highest BCUT2D eigenvalue weighted by Gasteiger charge is 2.45. The Morgan fingerprint density at radius 2 is 2.14 bits per heavy atom. The van der Waals surface area contributed by atoms with Crippen molar-refractivity contribution < 1.29 is 4.79 Å². The van der Waals surface area contributed by atoms with Crippen LogP contribution in [0.2, 0.25) is 0 Å². The lowest BCUT2D eigenvalue weighted by molar-refractivity contribution is -0.127. The van der Waals surface area contributed by atoms with Gasteiger partial charge in [-0.2, -0.15) is 4.91 Å². The summed E-state index contributed by atoms with van der Waals surface area (Å²) in [5.41, 5.74) is -0.352. The van der Waals surface area contributed by atoms with Crippen LogP contribution >= 0.6 is 0 Å². The zero-order valence-electron chi connectivity index (χ0n) is 8.32. The van der Waals surface area contributed by atoms with Crippen LogP contribution in [0.3, 0.4) is 0 Å². The third kappa shape index (κ3) is 1.47. The molecule has 3 fully saturated rings. The van der Waals surface area contributed by atoms with E-state index in [1.807, 2.05) is 0 Å². The van der Waals surface area contributed by atoms with Crippen molar-refractivity contribution in [1.82, 2.24) is 4.90 Å². The first kappa shape index (κ1) is 9.77. The van der Waals surface area contributed by atoms with Crippen LogP contribution in [-0.4, -0.2) is 36.4 Å². The molecule has 0 amide bonds. The van der Waals surface area contributed by atoms with Gasteiger partial charge in [0.05, 0.1) is 12.1 Å². The number of hydrogen-bond acceptors (Lipinski definition) is 4. The van der Waals surface area contributed by atoms with Crippen LogP contribution in [-0.2, 0) is 4.79 Å². The summed E-state index contributed by atoms with van der Waals surface area (Å²) >= 11 is 0. The molecule has 0 aromatic heterocycles. The molecule has 3 rings (SSSR count). The minimum Gasteiger partial charge on any atom is -0.301 e. The van der Waals surface area contributed by atoms with Crippen molar-refractivity contribution >= 4 is 6.29 Å². The van der Waals surface area contributed by atoms with Crippen molar-refractivity contribution in [2.24, 2.45) is 11.1 Å². The first-order valence-corrected chi connectivity index (χ1v) is 5.31. The maximum atomic E-state index is 11.2. The molecule has 0 aliphatic carbocycles. The molecule has 0 aromatic carbocycles. The molecule has 78 valence electrons. The molecule has 3 saturated heterocycles. The molecule has 0 spiro atoms. The van der Waals surface area contributed by atoms with E-state index in [1.165, 1.54) is 12.8 Å². The zero-order valence-corrected chi connectivity index (χ0v) is 8.32. The molecule has 0 N–H and O–H groups in total. The van der Waals surface area contributed by atoms with Gasteiger partial charge in [-0.05, 0) is 44.7 Å². The van der Waals surface area contributed by atoms with Gasteiger partial charge in [-0.15, -0.1) is 0 Å². The van der Waals surface area contributed by atoms with Gasteiger partial charge in [0.15, 0.2) is 0 Å². The Morgan fingerprint density at radius 1 is 1.43 bits per heavy atom. The van der Waals surface area contributed by atoms with E-state index in [0.717, 1.165) is 25.8 Å². The van der Waals surface area contributed by atoms with Crippen molar-refractivity contribution in [2.45, 2.75) is 31.2 Å². The van der Waals surface area contributed by atoms with Crippen LogP contribution in [0.1, 0.15) is 25.7 Å². The Labute approximate surface area is 83.6 Å². The van der Waals surface area contributed by atoms with Gasteiger partial charge in [0.1, 0.15) is 6.29 Å². The average molecular weight is 196 g/mol. The number of rotatable bonds is 4. The van der Waals surface area contributed by atoms with Crippen LogP contribution in [0.4, 0.5) is 0 Å². The van der Waals surface area contributed by atoms with Crippen LogP contribution in [0.25, 0.3) is 0 Å². The number of nitrogens with zero attached hydrogens (tertiary/aromatic N) is 2. The highest BCUT2D eigenvalue weighted by molar-refractivity contribution is 5.65. The molecular formula is C10H16N2O2. The molecule has 1 unspecified atom stereocenters. The first-order chi connectivity index (χ1) is 6.80. The van der Waals surface area contributed by atoms with Gasteiger partial charge in [-0.25, -0.2) is 0 Å². The van der Waals surface area contributed by atoms with Gasteiger partial charge >= 0.3 is 0 Å². The lowest BCUT2D eigenvalue weighted by Crippen LogP contribution is -2.59. The van der Waals surface area contributed by atoms with E-state index < -0.39 is 0 Å². The van der Waals surface area contributed by atoms with E-state index in [1.54, 1.807) is 0 Å². The second kappa shape index (κ2) is 3.77. The number of carbonyl (C=O) groups is 1. The van der Waals surface area contributed by atoms with E-state index in [4.69, 9.17) is 0 Å². The van der Waals surface area contributed by atoms with Crippen molar-refractivity contribution in [1.29, 1.82) is 0 Å². The Morgan fingerprint density at radius 3 is 2.57 bits per heavy atom. The van der Waals surface area contributed by atoms with Gasteiger partial charge in [0, 0.05) is 0 Å². The topological polar surface area (TPSA) is 49.7 Å². The van der Waals surface area contributed by atoms with E-state index in [0.29, 0.717) is 12.3 Å². The summed E-state index contributed by atoms with van der Waals surface area (Å²) in [6.45, 7) is 2.30. The first-order valence-electron chi connectivity index (χ1n) is 5.31. The standard InChI is InChI=1S/C10H16N2O2/c13-8-10(3-4-11-14)7-9-1-5-12(10)6-2-9/h8-9H,1-7H2. The molecular weight excluding hydrogens is 180 g/mol. The summed E-state index contributed by atoms with van der Waals surface area (Å²) < 4.78 is 0. The zero-order chi connectivity index (χ0) is 10.0. The fourth-order valence-electron chi connectivity index (χ4n) is 2.89. The predicted molar refractivity (Wildman–Crippen MR) is 53.0 cm³/mol. The highest BCUT2D eigenvalue weighted by atomic mass is 16.3. The maximum Gasteiger partial charge on any atom is 0.140 e. The summed E-state index contributed by atoms with van der Waals surface area (Å²) in [7, 11) is 0. The normalized spacial score (nSPS) is 40.9. The number of aldehydes is 1. The Bertz CT molecular complexity index is 236. The maximum absolute atomic E-state index is 11.2. The van der Waals surface area contributed by atoms with E-state index >= 15 is 0 Å². The molecule has 14 heavy (non-hydrogen) atoms. The van der Waals surface area contributed by atoms with Crippen molar-refractivity contribution in [3.8, 4) is 0 Å². The molecule has 0 saturated carbocycles. The van der Waals surface area contributed by atoms with E-state index in [9.17, 15) is 9.70 Å². The van der Waals surface area contributed by atoms with Gasteiger partial charge < -0.3 is 4.79 Å². The summed E-state index contributed by atoms with van der Waals surface area (Å²) in [4.78, 5) is 23.6. The summed E-state index contributed by atoms with van der Waals surface area (Å²) in [5, 5.41) is 2.87. The Kier molecular flexibility index (Phi) is 2.63. The predicted octanol–water partition coefficient (Wildman–Crippen LogP) is 1.20. The number of hydrogen-bond donors (Lipinski definition) is 0. The molecule has 3 heterocycles. The molecule has 0 radical (unpaired) electrons. The summed E-state index contributed by atoms with van der Waals surface area (Å²) in [6.07, 6.45) is 5.01. The van der Waals surface area contributed by atoms with Gasteiger partial charge in [0.25, 0.3) is 0 Å². The fourth-order valence-corrected chi connectivity index (χ4v) is 2.89. The lowest BCUT2D eigenvalue weighted by Gasteiger charge is -2.51. The van der Waals surface area contributed by atoms with Crippen LogP contribution < -0.4 is 0 Å². The number of carbonyl (C=O) groups excluding carboxylic acids is 1. The van der Waals surface area contributed by atoms with Crippen molar-refractivity contribution in [3.63, 3.8) is 0 Å². The van der Waals surface area contributed by atoms with Crippen LogP contribution in [0.5, 0.6) is 0 Å². The Balaban J connectivity index is 2.10. The van der Waals surface area contributed by atoms with E-state index in [-0.39, 0.29) is 12.1 Å². The van der Waals surface area contributed by atoms with Crippen molar-refractivity contribution in [3.05, 3.63) is 4.91 Å². The van der Waals surface area contributed by atoms with Crippen LogP contribution in [0, 0.1) is 10.8 Å². The molecule has 2 bridgehead atoms. The quantitative estimate of drug-likeness (QED) is 0.501. The minimum atomic E-state index is -0.352. The summed E-state index contributed by atoms with van der Waals surface area (Å²) in [6, 6.07) is 0. The summed E-state index contributed by atoms with van der Waals surface area (Å²) in [5.74, 6) is 0.692. The molecule has 4 nitrogen and oxygen atoms in total. The van der Waals surface area contributed by atoms with Gasteiger partial charge in [-0.1, -0.05) is 5.18 Å². The molecule has 3 aliphatic rings. The average Bonchev–Trinajstić information content (AvgIpc) is 2.28. The van der Waals surface area contributed by atoms with Crippen molar-refractivity contribution in [2.75, 3.05) is 19.6 Å². The SMILES string of the molecule is O=CC1(CCN=O)CC2CCN1CC2. The Hall–Kier alpha value is -0.770. The molecule has 3 aliphatic heterocycles. The monoisotopic (exact) mass is 196 g/mol. The largest absolute Gasteiger partial charge is 0.301 e. The van der Waals surface area contributed by atoms with E-state index in [2.05, 4.69) is 10.1 Å². The fraction of sp³-hybridized carbons (Fsp3) is 0.900. The molecule has 4 heteroatoms. The molecule has 1 atom stereocenters. The number of fused-ring (bicyclic) bond motifs is 3. The smallest absolute Gasteiger partial charge is 0.140 e. The number of piperidine rings is 3.